The average Bonchev–Trinajstić information content (AvgIpc) is 2.18. The van der Waals surface area contributed by atoms with Crippen molar-refractivity contribution in [3.8, 4) is 0 Å². The van der Waals surface area contributed by atoms with E-state index >= 15 is 0 Å². The summed E-state index contributed by atoms with van der Waals surface area (Å²) in [4.78, 5) is 2.42. The van der Waals surface area contributed by atoms with Crippen LogP contribution in [0, 0.1) is 0 Å². The SMILES string of the molecule is CC1=CC(N2CCC[C@@H](N)C2)NC=C1. The van der Waals surface area contributed by atoms with Crippen LogP contribution in [0.4, 0.5) is 0 Å². The number of hydrogen-bond donors (Lipinski definition) is 2. The van der Waals surface area contributed by atoms with Crippen molar-refractivity contribution < 1.29 is 0 Å². The Labute approximate surface area is 85.6 Å². The lowest BCUT2D eigenvalue weighted by Crippen LogP contribution is -2.51. The van der Waals surface area contributed by atoms with Crippen LogP contribution in [0.1, 0.15) is 19.8 Å². The molecule has 2 aliphatic rings. The molecule has 2 atom stereocenters. The summed E-state index contributed by atoms with van der Waals surface area (Å²) in [5.41, 5.74) is 7.29. The maximum absolute atomic E-state index is 5.96. The van der Waals surface area contributed by atoms with Crippen LogP contribution in [-0.2, 0) is 0 Å². The molecule has 0 aliphatic carbocycles. The summed E-state index contributed by atoms with van der Waals surface area (Å²) in [7, 11) is 0. The van der Waals surface area contributed by atoms with E-state index in [2.05, 4.69) is 29.3 Å². The summed E-state index contributed by atoms with van der Waals surface area (Å²) >= 11 is 0. The van der Waals surface area contributed by atoms with Crippen molar-refractivity contribution in [1.82, 2.24) is 10.2 Å². The Morgan fingerprint density at radius 2 is 2.43 bits per heavy atom. The van der Waals surface area contributed by atoms with Crippen LogP contribution in [0.3, 0.4) is 0 Å². The highest BCUT2D eigenvalue weighted by Gasteiger charge is 2.22. The number of rotatable bonds is 1. The molecular formula is C11H19N3. The van der Waals surface area contributed by atoms with E-state index in [1.807, 2.05) is 6.20 Å². The van der Waals surface area contributed by atoms with Gasteiger partial charge in [0.25, 0.3) is 0 Å². The second-order valence-corrected chi connectivity index (χ2v) is 4.25. The number of nitrogens with two attached hydrogens (primary N) is 1. The van der Waals surface area contributed by atoms with Gasteiger partial charge in [-0.05, 0) is 38.1 Å². The molecule has 2 heterocycles. The van der Waals surface area contributed by atoms with Gasteiger partial charge in [0.05, 0.1) is 6.17 Å². The summed E-state index contributed by atoms with van der Waals surface area (Å²) in [6.07, 6.45) is 9.13. The Bertz CT molecular complexity index is 257. The number of piperidine rings is 1. The highest BCUT2D eigenvalue weighted by molar-refractivity contribution is 5.22. The molecule has 0 bridgehead atoms. The first-order valence-electron chi connectivity index (χ1n) is 5.36. The van der Waals surface area contributed by atoms with Crippen LogP contribution < -0.4 is 11.1 Å². The zero-order valence-electron chi connectivity index (χ0n) is 8.74. The number of hydrogen-bond acceptors (Lipinski definition) is 3. The fourth-order valence-electron chi connectivity index (χ4n) is 2.13. The van der Waals surface area contributed by atoms with Gasteiger partial charge in [0.2, 0.25) is 0 Å². The van der Waals surface area contributed by atoms with Crippen LogP contribution in [-0.4, -0.2) is 30.2 Å². The highest BCUT2D eigenvalue weighted by Crippen LogP contribution is 2.14. The molecule has 2 rings (SSSR count). The Kier molecular flexibility index (Phi) is 2.89. The van der Waals surface area contributed by atoms with Gasteiger partial charge in [-0.2, -0.15) is 0 Å². The van der Waals surface area contributed by atoms with E-state index < -0.39 is 0 Å². The average molecular weight is 193 g/mol. The number of nitrogens with one attached hydrogen (secondary N) is 1. The van der Waals surface area contributed by atoms with Crippen LogP contribution in [0.15, 0.2) is 23.9 Å². The Morgan fingerprint density at radius 1 is 1.57 bits per heavy atom. The second-order valence-electron chi connectivity index (χ2n) is 4.25. The Hall–Kier alpha value is -0.800. The van der Waals surface area contributed by atoms with Gasteiger partial charge in [-0.25, -0.2) is 0 Å². The van der Waals surface area contributed by atoms with E-state index in [4.69, 9.17) is 5.73 Å². The van der Waals surface area contributed by atoms with E-state index in [0.29, 0.717) is 12.2 Å². The van der Waals surface area contributed by atoms with E-state index in [9.17, 15) is 0 Å². The normalized spacial score (nSPS) is 33.7. The molecule has 0 amide bonds. The monoisotopic (exact) mass is 193 g/mol. The predicted molar refractivity (Wildman–Crippen MR) is 58.6 cm³/mol. The first kappa shape index (κ1) is 9.74. The van der Waals surface area contributed by atoms with Crippen molar-refractivity contribution in [2.75, 3.05) is 13.1 Å². The van der Waals surface area contributed by atoms with Crippen molar-refractivity contribution >= 4 is 0 Å². The standard InChI is InChI=1S/C11H19N3/c1-9-4-5-13-11(7-9)14-6-2-3-10(12)8-14/h4-5,7,10-11,13H,2-3,6,8,12H2,1H3/t10-,11?/m1/s1. The molecule has 1 saturated heterocycles. The predicted octanol–water partition coefficient (Wildman–Crippen LogP) is 0.799. The van der Waals surface area contributed by atoms with Crippen LogP contribution in [0.2, 0.25) is 0 Å². The van der Waals surface area contributed by atoms with Crippen LogP contribution in [0.5, 0.6) is 0 Å². The third-order valence-corrected chi connectivity index (χ3v) is 2.92. The van der Waals surface area contributed by atoms with Gasteiger partial charge >= 0.3 is 0 Å². The smallest absolute Gasteiger partial charge is 0.0988 e. The molecular weight excluding hydrogens is 174 g/mol. The van der Waals surface area contributed by atoms with Gasteiger partial charge in [0, 0.05) is 19.1 Å². The fourth-order valence-corrected chi connectivity index (χ4v) is 2.13. The summed E-state index contributed by atoms with van der Waals surface area (Å²) in [6, 6.07) is 0.352. The summed E-state index contributed by atoms with van der Waals surface area (Å²) in [5.74, 6) is 0. The number of likely N-dealkylation sites (tertiary alicyclic amines) is 1. The van der Waals surface area contributed by atoms with Gasteiger partial charge in [-0.1, -0.05) is 5.57 Å². The third kappa shape index (κ3) is 2.16. The Morgan fingerprint density at radius 3 is 3.14 bits per heavy atom. The molecule has 0 aromatic rings. The second kappa shape index (κ2) is 4.15. The van der Waals surface area contributed by atoms with Crippen molar-refractivity contribution in [3.63, 3.8) is 0 Å². The first-order valence-corrected chi connectivity index (χ1v) is 5.36. The van der Waals surface area contributed by atoms with E-state index in [-0.39, 0.29) is 0 Å². The quantitative estimate of drug-likeness (QED) is 0.647. The minimum absolute atomic E-state index is 0.352. The maximum Gasteiger partial charge on any atom is 0.0988 e. The molecule has 14 heavy (non-hydrogen) atoms. The van der Waals surface area contributed by atoms with Crippen molar-refractivity contribution in [2.24, 2.45) is 5.73 Å². The molecule has 3 heteroatoms. The molecule has 3 nitrogen and oxygen atoms in total. The van der Waals surface area contributed by atoms with Crippen LogP contribution >= 0.6 is 0 Å². The minimum atomic E-state index is 0.352. The van der Waals surface area contributed by atoms with Crippen LogP contribution in [0.25, 0.3) is 0 Å². The first-order chi connectivity index (χ1) is 6.75. The van der Waals surface area contributed by atoms with E-state index in [0.717, 1.165) is 13.1 Å². The van der Waals surface area contributed by atoms with E-state index in [1.54, 1.807) is 0 Å². The van der Waals surface area contributed by atoms with E-state index in [1.165, 1.54) is 18.4 Å². The largest absolute Gasteiger partial charge is 0.372 e. The Balaban J connectivity index is 1.97. The van der Waals surface area contributed by atoms with Gasteiger partial charge in [0.1, 0.15) is 0 Å². The van der Waals surface area contributed by atoms with Gasteiger partial charge in [-0.15, -0.1) is 0 Å². The minimum Gasteiger partial charge on any atom is -0.372 e. The van der Waals surface area contributed by atoms with Gasteiger partial charge < -0.3 is 11.1 Å². The molecule has 0 aromatic heterocycles. The molecule has 0 saturated carbocycles. The number of dihydropyridines is 1. The highest BCUT2D eigenvalue weighted by atomic mass is 15.3. The lowest BCUT2D eigenvalue weighted by Gasteiger charge is -2.36. The summed E-state index contributed by atoms with van der Waals surface area (Å²) < 4.78 is 0. The summed E-state index contributed by atoms with van der Waals surface area (Å²) in [6.45, 7) is 4.30. The molecule has 1 unspecified atom stereocenters. The molecule has 3 N–H and O–H groups in total. The van der Waals surface area contributed by atoms with Crippen molar-refractivity contribution in [2.45, 2.75) is 32.0 Å². The number of allylic oxidation sites excluding steroid dienone is 2. The lowest BCUT2D eigenvalue weighted by atomic mass is 10.1. The van der Waals surface area contributed by atoms with Crippen molar-refractivity contribution in [1.29, 1.82) is 0 Å². The zero-order valence-corrected chi connectivity index (χ0v) is 8.74. The molecule has 0 radical (unpaired) electrons. The fraction of sp³-hybridized carbons (Fsp3) is 0.636. The molecule has 2 aliphatic heterocycles. The number of nitrogens with zero attached hydrogens (tertiary/aromatic N) is 1. The lowest BCUT2D eigenvalue weighted by molar-refractivity contribution is 0.161. The van der Waals surface area contributed by atoms with Gasteiger partial charge in [-0.3, -0.25) is 4.90 Å². The molecule has 78 valence electrons. The topological polar surface area (TPSA) is 41.3 Å². The molecule has 0 spiro atoms. The third-order valence-electron chi connectivity index (χ3n) is 2.92. The molecule has 1 fully saturated rings. The van der Waals surface area contributed by atoms with Gasteiger partial charge in [0.15, 0.2) is 0 Å². The van der Waals surface area contributed by atoms with Crippen molar-refractivity contribution in [3.05, 3.63) is 23.9 Å². The molecule has 0 aromatic carbocycles. The zero-order chi connectivity index (χ0) is 9.97. The maximum atomic E-state index is 5.96. The summed E-state index contributed by atoms with van der Waals surface area (Å²) in [5, 5.41) is 3.35.